The van der Waals surface area contributed by atoms with Gasteiger partial charge >= 0.3 is 0 Å². The quantitative estimate of drug-likeness (QED) is 0.628. The number of carbonyl (C=O) groups excluding carboxylic acids is 1. The fourth-order valence-corrected chi connectivity index (χ4v) is 4.04. The smallest absolute Gasteiger partial charge is 0.222 e. The maximum atomic E-state index is 12.7. The summed E-state index contributed by atoms with van der Waals surface area (Å²) in [6, 6.07) is 20.3. The van der Waals surface area contributed by atoms with Gasteiger partial charge in [0.25, 0.3) is 0 Å². The van der Waals surface area contributed by atoms with Crippen LogP contribution in [-0.2, 0) is 4.79 Å². The summed E-state index contributed by atoms with van der Waals surface area (Å²) >= 11 is 0. The molecule has 0 radical (unpaired) electrons. The standard InChI is InChI=1S/C25H33NO2/c1-25(2,3)21-14-15-24(27)26(18-16-21)19-17-23(20-10-6-4-7-11-20)28-22-12-8-5-9-13-22/h4-13,21,23H,14-19H2,1-3H3/t21-,23+/m1/s1. The summed E-state index contributed by atoms with van der Waals surface area (Å²) in [5.41, 5.74) is 1.42. The molecule has 0 aromatic heterocycles. The number of hydrogen-bond acceptors (Lipinski definition) is 2. The number of ether oxygens (including phenoxy) is 1. The van der Waals surface area contributed by atoms with Crippen molar-refractivity contribution in [1.29, 1.82) is 0 Å². The van der Waals surface area contributed by atoms with Crippen LogP contribution >= 0.6 is 0 Å². The molecule has 1 aliphatic heterocycles. The van der Waals surface area contributed by atoms with Crippen molar-refractivity contribution in [2.75, 3.05) is 13.1 Å². The van der Waals surface area contributed by atoms with Gasteiger partial charge in [-0.3, -0.25) is 4.79 Å². The summed E-state index contributed by atoms with van der Waals surface area (Å²) in [6.07, 6.45) is 3.49. The zero-order valence-corrected chi connectivity index (χ0v) is 17.4. The van der Waals surface area contributed by atoms with Crippen LogP contribution in [-0.4, -0.2) is 23.9 Å². The van der Waals surface area contributed by atoms with E-state index in [1.165, 1.54) is 0 Å². The number of hydrogen-bond donors (Lipinski definition) is 0. The monoisotopic (exact) mass is 379 g/mol. The number of rotatable bonds is 6. The van der Waals surface area contributed by atoms with Crippen LogP contribution in [0.3, 0.4) is 0 Å². The molecule has 1 heterocycles. The normalized spacial score (nSPS) is 19.2. The first kappa shape index (κ1) is 20.4. The molecule has 2 aromatic rings. The van der Waals surface area contributed by atoms with E-state index in [1.807, 2.05) is 48.5 Å². The minimum atomic E-state index is -0.0573. The van der Waals surface area contributed by atoms with Gasteiger partial charge in [-0.15, -0.1) is 0 Å². The average Bonchev–Trinajstić information content (AvgIpc) is 2.88. The fourth-order valence-electron chi connectivity index (χ4n) is 4.04. The van der Waals surface area contributed by atoms with Crippen LogP contribution in [0, 0.1) is 11.3 Å². The van der Waals surface area contributed by atoms with Gasteiger partial charge in [-0.25, -0.2) is 0 Å². The predicted octanol–water partition coefficient (Wildman–Crippen LogP) is 5.87. The van der Waals surface area contributed by atoms with Crippen LogP contribution in [0.4, 0.5) is 0 Å². The van der Waals surface area contributed by atoms with Crippen LogP contribution in [0.25, 0.3) is 0 Å². The Morgan fingerprint density at radius 1 is 1.00 bits per heavy atom. The van der Waals surface area contributed by atoms with Crippen molar-refractivity contribution in [3.8, 4) is 5.75 Å². The van der Waals surface area contributed by atoms with E-state index in [4.69, 9.17) is 4.74 Å². The average molecular weight is 380 g/mol. The van der Waals surface area contributed by atoms with Crippen LogP contribution in [0.5, 0.6) is 5.75 Å². The van der Waals surface area contributed by atoms with E-state index < -0.39 is 0 Å². The molecule has 3 nitrogen and oxygen atoms in total. The summed E-state index contributed by atoms with van der Waals surface area (Å²) in [4.78, 5) is 14.7. The van der Waals surface area contributed by atoms with E-state index >= 15 is 0 Å². The lowest BCUT2D eigenvalue weighted by atomic mass is 9.77. The topological polar surface area (TPSA) is 29.5 Å². The number of carbonyl (C=O) groups is 1. The first-order valence-electron chi connectivity index (χ1n) is 10.5. The van der Waals surface area contributed by atoms with Gasteiger partial charge in [0.05, 0.1) is 0 Å². The van der Waals surface area contributed by atoms with E-state index in [9.17, 15) is 4.79 Å². The molecule has 2 atom stereocenters. The van der Waals surface area contributed by atoms with Gasteiger partial charge in [0, 0.05) is 25.9 Å². The summed E-state index contributed by atoms with van der Waals surface area (Å²) in [5, 5.41) is 0. The molecule has 0 saturated carbocycles. The molecule has 1 aliphatic rings. The summed E-state index contributed by atoms with van der Waals surface area (Å²) in [6.45, 7) is 8.46. The highest BCUT2D eigenvalue weighted by atomic mass is 16.5. The summed E-state index contributed by atoms with van der Waals surface area (Å²) < 4.78 is 6.30. The molecule has 1 fully saturated rings. The molecule has 1 saturated heterocycles. The molecule has 2 aromatic carbocycles. The molecule has 0 spiro atoms. The van der Waals surface area contributed by atoms with E-state index in [-0.39, 0.29) is 11.5 Å². The van der Waals surface area contributed by atoms with E-state index in [0.29, 0.717) is 18.2 Å². The minimum absolute atomic E-state index is 0.0573. The van der Waals surface area contributed by atoms with Gasteiger partial charge in [0.15, 0.2) is 0 Å². The van der Waals surface area contributed by atoms with Crippen molar-refractivity contribution in [1.82, 2.24) is 4.90 Å². The van der Waals surface area contributed by atoms with E-state index in [2.05, 4.69) is 37.8 Å². The molecule has 1 amide bonds. The SMILES string of the molecule is CC(C)(C)[C@@H]1CCC(=O)N(CC[C@H](Oc2ccccc2)c2ccccc2)CC1. The highest BCUT2D eigenvalue weighted by molar-refractivity contribution is 5.76. The van der Waals surface area contributed by atoms with Crippen molar-refractivity contribution in [3.63, 3.8) is 0 Å². The maximum absolute atomic E-state index is 12.7. The molecule has 150 valence electrons. The molecule has 3 heteroatoms. The van der Waals surface area contributed by atoms with E-state index in [1.54, 1.807) is 0 Å². The van der Waals surface area contributed by atoms with Crippen LogP contribution < -0.4 is 4.74 Å². The number of nitrogens with zero attached hydrogens (tertiary/aromatic N) is 1. The van der Waals surface area contributed by atoms with Crippen molar-refractivity contribution in [3.05, 3.63) is 66.2 Å². The zero-order chi connectivity index (χ0) is 20.0. The number of amides is 1. The van der Waals surface area contributed by atoms with Gasteiger partial charge in [0.1, 0.15) is 11.9 Å². The third-order valence-electron chi connectivity index (χ3n) is 5.89. The van der Waals surface area contributed by atoms with Gasteiger partial charge in [-0.05, 0) is 41.9 Å². The molecular formula is C25H33NO2. The van der Waals surface area contributed by atoms with Crippen molar-refractivity contribution < 1.29 is 9.53 Å². The Morgan fingerprint density at radius 3 is 2.29 bits per heavy atom. The Morgan fingerprint density at radius 2 is 1.64 bits per heavy atom. The number of likely N-dealkylation sites (tertiary alicyclic amines) is 1. The van der Waals surface area contributed by atoms with Gasteiger partial charge in [-0.2, -0.15) is 0 Å². The first-order chi connectivity index (χ1) is 13.4. The Labute approximate surface area is 169 Å². The second kappa shape index (κ2) is 9.27. The van der Waals surface area contributed by atoms with Crippen molar-refractivity contribution in [2.45, 2.75) is 52.6 Å². The predicted molar refractivity (Wildman–Crippen MR) is 114 cm³/mol. The fraction of sp³-hybridized carbons (Fsp3) is 0.480. The van der Waals surface area contributed by atoms with Gasteiger partial charge in [-0.1, -0.05) is 69.3 Å². The molecular weight excluding hydrogens is 346 g/mol. The molecule has 0 N–H and O–H groups in total. The third kappa shape index (κ3) is 5.60. The van der Waals surface area contributed by atoms with Crippen LogP contribution in [0.2, 0.25) is 0 Å². The lowest BCUT2D eigenvalue weighted by molar-refractivity contribution is -0.131. The third-order valence-corrected chi connectivity index (χ3v) is 5.89. The van der Waals surface area contributed by atoms with Gasteiger partial charge in [0.2, 0.25) is 5.91 Å². The summed E-state index contributed by atoms with van der Waals surface area (Å²) in [7, 11) is 0. The largest absolute Gasteiger partial charge is 0.486 e. The van der Waals surface area contributed by atoms with Crippen LogP contribution in [0.15, 0.2) is 60.7 Å². The minimum Gasteiger partial charge on any atom is -0.486 e. The molecule has 0 bridgehead atoms. The highest BCUT2D eigenvalue weighted by Crippen LogP contribution is 2.35. The molecule has 3 rings (SSSR count). The van der Waals surface area contributed by atoms with E-state index in [0.717, 1.165) is 43.7 Å². The Hall–Kier alpha value is -2.29. The van der Waals surface area contributed by atoms with Crippen molar-refractivity contribution in [2.24, 2.45) is 11.3 Å². The Balaban J connectivity index is 1.66. The molecule has 28 heavy (non-hydrogen) atoms. The zero-order valence-electron chi connectivity index (χ0n) is 17.4. The molecule has 0 aliphatic carbocycles. The van der Waals surface area contributed by atoms with Crippen LogP contribution in [0.1, 0.15) is 58.1 Å². The van der Waals surface area contributed by atoms with Crippen molar-refractivity contribution >= 4 is 5.91 Å². The Bertz CT molecular complexity index is 736. The lowest BCUT2D eigenvalue weighted by Crippen LogP contribution is -2.33. The number of benzene rings is 2. The Kier molecular flexibility index (Phi) is 6.77. The maximum Gasteiger partial charge on any atom is 0.222 e. The highest BCUT2D eigenvalue weighted by Gasteiger charge is 2.30. The number of para-hydroxylation sites is 1. The summed E-state index contributed by atoms with van der Waals surface area (Å²) in [5.74, 6) is 1.76. The first-order valence-corrected chi connectivity index (χ1v) is 10.5. The lowest BCUT2D eigenvalue weighted by Gasteiger charge is -2.30. The van der Waals surface area contributed by atoms with Gasteiger partial charge < -0.3 is 9.64 Å². The second-order valence-electron chi connectivity index (χ2n) is 8.89. The molecule has 0 unspecified atom stereocenters. The second-order valence-corrected chi connectivity index (χ2v) is 8.89.